The first kappa shape index (κ1) is 18.9. The quantitative estimate of drug-likeness (QED) is 0.809. The van der Waals surface area contributed by atoms with Gasteiger partial charge in [-0.3, -0.25) is 0 Å². The van der Waals surface area contributed by atoms with Gasteiger partial charge in [-0.1, -0.05) is 27.7 Å². The number of hydrogen-bond donors (Lipinski definition) is 1. The van der Waals surface area contributed by atoms with Gasteiger partial charge in [0.1, 0.15) is 18.2 Å². The SMILES string of the molecule is CC.CC.NC(CCC1CO1)COc1ccc(F)cc1. The van der Waals surface area contributed by atoms with Crippen LogP contribution in [0.3, 0.4) is 0 Å². The van der Waals surface area contributed by atoms with Crippen LogP contribution in [0.5, 0.6) is 5.75 Å². The molecule has 20 heavy (non-hydrogen) atoms. The Kier molecular flexibility index (Phi) is 11.0. The van der Waals surface area contributed by atoms with Crippen molar-refractivity contribution < 1.29 is 13.9 Å². The van der Waals surface area contributed by atoms with Gasteiger partial charge < -0.3 is 15.2 Å². The lowest BCUT2D eigenvalue weighted by Crippen LogP contribution is -2.28. The van der Waals surface area contributed by atoms with Crippen molar-refractivity contribution in [3.8, 4) is 5.75 Å². The van der Waals surface area contributed by atoms with Crippen LogP contribution >= 0.6 is 0 Å². The molecule has 1 saturated heterocycles. The van der Waals surface area contributed by atoms with Gasteiger partial charge in [0.05, 0.1) is 12.7 Å². The fourth-order valence-corrected chi connectivity index (χ4v) is 1.45. The van der Waals surface area contributed by atoms with Crippen LogP contribution in [0.25, 0.3) is 0 Å². The molecule has 0 saturated carbocycles. The second-order valence-corrected chi connectivity index (χ2v) is 4.06. The molecule has 2 unspecified atom stereocenters. The van der Waals surface area contributed by atoms with E-state index in [0.717, 1.165) is 19.4 Å². The molecule has 2 rings (SSSR count). The summed E-state index contributed by atoms with van der Waals surface area (Å²) >= 11 is 0. The lowest BCUT2D eigenvalue weighted by atomic mass is 10.1. The van der Waals surface area contributed by atoms with Gasteiger partial charge in [0.25, 0.3) is 0 Å². The minimum atomic E-state index is -0.262. The zero-order valence-electron chi connectivity index (χ0n) is 13.1. The predicted molar refractivity (Wildman–Crippen MR) is 81.5 cm³/mol. The molecule has 0 amide bonds. The molecule has 116 valence electrons. The highest BCUT2D eigenvalue weighted by atomic mass is 19.1. The van der Waals surface area contributed by atoms with E-state index < -0.39 is 0 Å². The summed E-state index contributed by atoms with van der Waals surface area (Å²) in [6, 6.07) is 5.96. The highest BCUT2D eigenvalue weighted by molar-refractivity contribution is 5.22. The summed E-state index contributed by atoms with van der Waals surface area (Å²) < 4.78 is 23.1. The third-order valence-corrected chi connectivity index (χ3v) is 2.54. The molecule has 0 aromatic heterocycles. The summed E-state index contributed by atoms with van der Waals surface area (Å²) in [7, 11) is 0. The predicted octanol–water partition coefficient (Wildman–Crippen LogP) is 3.76. The van der Waals surface area contributed by atoms with E-state index in [4.69, 9.17) is 15.2 Å². The Balaban J connectivity index is 0.000000829. The molecule has 3 nitrogen and oxygen atoms in total. The zero-order valence-corrected chi connectivity index (χ0v) is 13.1. The summed E-state index contributed by atoms with van der Waals surface area (Å²) in [5, 5.41) is 0. The molecule has 2 N–H and O–H groups in total. The first-order valence-electron chi connectivity index (χ1n) is 7.49. The maximum atomic E-state index is 12.6. The molecule has 0 aliphatic carbocycles. The fourth-order valence-electron chi connectivity index (χ4n) is 1.45. The highest BCUT2D eigenvalue weighted by Crippen LogP contribution is 2.17. The number of epoxide rings is 1. The normalized spacial score (nSPS) is 17.0. The number of benzene rings is 1. The fraction of sp³-hybridized carbons (Fsp3) is 0.625. The second kappa shape index (κ2) is 11.7. The molecule has 0 radical (unpaired) electrons. The van der Waals surface area contributed by atoms with Gasteiger partial charge in [0, 0.05) is 6.04 Å². The van der Waals surface area contributed by atoms with Gasteiger partial charge in [0.15, 0.2) is 0 Å². The molecule has 1 heterocycles. The molecule has 1 fully saturated rings. The van der Waals surface area contributed by atoms with Gasteiger partial charge in [-0.15, -0.1) is 0 Å². The molecule has 0 bridgehead atoms. The number of hydrogen-bond acceptors (Lipinski definition) is 3. The lowest BCUT2D eigenvalue weighted by molar-refractivity contribution is 0.274. The third-order valence-electron chi connectivity index (χ3n) is 2.54. The van der Waals surface area contributed by atoms with Crippen LogP contribution in [0.15, 0.2) is 24.3 Å². The largest absolute Gasteiger partial charge is 0.492 e. The van der Waals surface area contributed by atoms with Crippen LogP contribution in [0, 0.1) is 5.82 Å². The van der Waals surface area contributed by atoms with E-state index in [1.807, 2.05) is 27.7 Å². The summed E-state index contributed by atoms with van der Waals surface area (Å²) in [6.07, 6.45) is 2.30. The molecule has 0 spiro atoms. The summed E-state index contributed by atoms with van der Waals surface area (Å²) in [6.45, 7) is 9.32. The van der Waals surface area contributed by atoms with Crippen molar-refractivity contribution in [1.82, 2.24) is 0 Å². The standard InChI is InChI=1S/C12H16FNO2.2C2H6/c13-9-1-4-11(5-2-9)15-7-10(14)3-6-12-8-16-12;2*1-2/h1-2,4-5,10,12H,3,6-8,14H2;2*1-2H3. The Morgan fingerprint density at radius 2 is 1.80 bits per heavy atom. The van der Waals surface area contributed by atoms with E-state index >= 15 is 0 Å². The Morgan fingerprint density at radius 1 is 1.25 bits per heavy atom. The van der Waals surface area contributed by atoms with Crippen LogP contribution in [-0.2, 0) is 4.74 Å². The van der Waals surface area contributed by atoms with Gasteiger partial charge in [-0.2, -0.15) is 0 Å². The Hall–Kier alpha value is -1.13. The number of nitrogens with two attached hydrogens (primary N) is 1. The van der Waals surface area contributed by atoms with Crippen LogP contribution in [-0.4, -0.2) is 25.4 Å². The maximum absolute atomic E-state index is 12.6. The molecule has 1 aliphatic heterocycles. The Labute approximate surface area is 122 Å². The van der Waals surface area contributed by atoms with Crippen molar-refractivity contribution in [3.63, 3.8) is 0 Å². The number of ether oxygens (including phenoxy) is 2. The van der Waals surface area contributed by atoms with Gasteiger partial charge in [-0.25, -0.2) is 4.39 Å². The molecule has 1 aliphatic rings. The van der Waals surface area contributed by atoms with E-state index in [1.165, 1.54) is 12.1 Å². The van der Waals surface area contributed by atoms with Crippen LogP contribution < -0.4 is 10.5 Å². The van der Waals surface area contributed by atoms with E-state index in [2.05, 4.69) is 0 Å². The van der Waals surface area contributed by atoms with Crippen LogP contribution in [0.4, 0.5) is 4.39 Å². The first-order valence-corrected chi connectivity index (χ1v) is 7.49. The van der Waals surface area contributed by atoms with Gasteiger partial charge >= 0.3 is 0 Å². The molecule has 2 atom stereocenters. The average molecular weight is 285 g/mol. The summed E-state index contributed by atoms with van der Waals surface area (Å²) in [5.41, 5.74) is 5.87. The Bertz CT molecular complexity index is 326. The van der Waals surface area contributed by atoms with Gasteiger partial charge in [-0.05, 0) is 37.1 Å². The van der Waals surface area contributed by atoms with Crippen molar-refractivity contribution in [3.05, 3.63) is 30.1 Å². The van der Waals surface area contributed by atoms with Crippen molar-refractivity contribution >= 4 is 0 Å². The minimum Gasteiger partial charge on any atom is -0.492 e. The first-order chi connectivity index (χ1) is 9.74. The lowest BCUT2D eigenvalue weighted by Gasteiger charge is -2.12. The second-order valence-electron chi connectivity index (χ2n) is 4.06. The minimum absolute atomic E-state index is 0.00857. The van der Waals surface area contributed by atoms with Gasteiger partial charge in [0.2, 0.25) is 0 Å². The van der Waals surface area contributed by atoms with Crippen LogP contribution in [0.2, 0.25) is 0 Å². The summed E-state index contributed by atoms with van der Waals surface area (Å²) in [4.78, 5) is 0. The van der Waals surface area contributed by atoms with Crippen molar-refractivity contribution in [2.24, 2.45) is 5.73 Å². The molecular weight excluding hydrogens is 257 g/mol. The third kappa shape index (κ3) is 8.88. The number of rotatable bonds is 6. The molecule has 1 aromatic carbocycles. The Morgan fingerprint density at radius 3 is 2.30 bits per heavy atom. The zero-order chi connectivity index (χ0) is 15.4. The average Bonchev–Trinajstić information content (AvgIpc) is 3.33. The smallest absolute Gasteiger partial charge is 0.123 e. The summed E-state index contributed by atoms with van der Waals surface area (Å²) in [5.74, 6) is 0.391. The van der Waals surface area contributed by atoms with Crippen LogP contribution in [0.1, 0.15) is 40.5 Å². The maximum Gasteiger partial charge on any atom is 0.123 e. The highest BCUT2D eigenvalue weighted by Gasteiger charge is 2.22. The topological polar surface area (TPSA) is 47.8 Å². The number of halogens is 1. The molecular formula is C16H28FNO2. The van der Waals surface area contributed by atoms with E-state index in [9.17, 15) is 4.39 Å². The molecule has 4 heteroatoms. The van der Waals surface area contributed by atoms with Crippen molar-refractivity contribution in [2.45, 2.75) is 52.7 Å². The van der Waals surface area contributed by atoms with Crippen molar-refractivity contribution in [2.75, 3.05) is 13.2 Å². The van der Waals surface area contributed by atoms with E-state index in [0.29, 0.717) is 18.5 Å². The monoisotopic (exact) mass is 285 g/mol. The molecule has 1 aromatic rings. The van der Waals surface area contributed by atoms with Crippen molar-refractivity contribution in [1.29, 1.82) is 0 Å². The van der Waals surface area contributed by atoms with E-state index in [-0.39, 0.29) is 11.9 Å². The van der Waals surface area contributed by atoms with E-state index in [1.54, 1.807) is 12.1 Å².